The van der Waals surface area contributed by atoms with Crippen molar-refractivity contribution in [3.63, 3.8) is 0 Å². The second kappa shape index (κ2) is 6.10. The van der Waals surface area contributed by atoms with Crippen molar-refractivity contribution in [3.8, 4) is 0 Å². The second-order valence-corrected chi connectivity index (χ2v) is 5.19. The summed E-state index contributed by atoms with van der Waals surface area (Å²) in [6, 6.07) is 11.0. The minimum absolute atomic E-state index is 0.0445. The summed E-state index contributed by atoms with van der Waals surface area (Å²) < 4.78 is 27.4. The van der Waals surface area contributed by atoms with Gasteiger partial charge in [-0.05, 0) is 52.9 Å². The fourth-order valence-corrected chi connectivity index (χ4v) is 1.96. The molecular formula is C14H10F2INO. The van der Waals surface area contributed by atoms with Crippen LogP contribution in [0.2, 0.25) is 0 Å². The van der Waals surface area contributed by atoms with Gasteiger partial charge >= 0.3 is 0 Å². The lowest BCUT2D eigenvalue weighted by molar-refractivity contribution is -0.115. The van der Waals surface area contributed by atoms with E-state index in [0.29, 0.717) is 5.69 Å². The van der Waals surface area contributed by atoms with Gasteiger partial charge in [-0.3, -0.25) is 4.79 Å². The molecular weight excluding hydrogens is 363 g/mol. The van der Waals surface area contributed by atoms with Crippen LogP contribution < -0.4 is 5.32 Å². The van der Waals surface area contributed by atoms with Gasteiger partial charge in [-0.2, -0.15) is 0 Å². The highest BCUT2D eigenvalue weighted by Crippen LogP contribution is 2.14. The first-order valence-corrected chi connectivity index (χ1v) is 6.62. The van der Waals surface area contributed by atoms with Gasteiger partial charge in [0.1, 0.15) is 0 Å². The number of hydrogen-bond acceptors (Lipinski definition) is 1. The van der Waals surface area contributed by atoms with Crippen LogP contribution in [0.4, 0.5) is 14.5 Å². The van der Waals surface area contributed by atoms with E-state index in [1.165, 1.54) is 12.1 Å². The molecule has 0 bridgehead atoms. The number of hydrogen-bond donors (Lipinski definition) is 1. The van der Waals surface area contributed by atoms with E-state index < -0.39 is 11.6 Å². The van der Waals surface area contributed by atoms with Crippen LogP contribution in [-0.4, -0.2) is 5.91 Å². The van der Waals surface area contributed by atoms with Crippen LogP contribution >= 0.6 is 22.6 Å². The van der Waals surface area contributed by atoms with Crippen molar-refractivity contribution in [3.05, 3.63) is 63.2 Å². The second-order valence-electron chi connectivity index (χ2n) is 3.94. The Balaban J connectivity index is 2.05. The van der Waals surface area contributed by atoms with Crippen molar-refractivity contribution in [2.45, 2.75) is 6.42 Å². The molecule has 0 saturated heterocycles. The van der Waals surface area contributed by atoms with Gasteiger partial charge in [0.05, 0.1) is 6.42 Å². The van der Waals surface area contributed by atoms with Gasteiger partial charge in [-0.15, -0.1) is 0 Å². The minimum Gasteiger partial charge on any atom is -0.326 e. The summed E-state index contributed by atoms with van der Waals surface area (Å²) in [4.78, 5) is 11.7. The van der Waals surface area contributed by atoms with E-state index in [1.807, 2.05) is 12.1 Å². The Morgan fingerprint density at radius 2 is 1.79 bits per heavy atom. The molecule has 1 amide bonds. The topological polar surface area (TPSA) is 29.1 Å². The van der Waals surface area contributed by atoms with Gasteiger partial charge in [0.15, 0.2) is 11.6 Å². The fraction of sp³-hybridized carbons (Fsp3) is 0.0714. The third-order valence-electron chi connectivity index (χ3n) is 2.51. The Hall–Kier alpha value is -1.50. The third-order valence-corrected chi connectivity index (χ3v) is 3.23. The maximum absolute atomic E-state index is 13.4. The molecule has 2 aromatic carbocycles. The number of carbonyl (C=O) groups excluding carboxylic acids is 1. The Morgan fingerprint density at radius 1 is 1.11 bits per heavy atom. The third kappa shape index (κ3) is 3.73. The molecule has 0 atom stereocenters. The molecule has 0 unspecified atom stereocenters. The van der Waals surface area contributed by atoms with E-state index >= 15 is 0 Å². The molecule has 0 aromatic heterocycles. The molecule has 2 rings (SSSR count). The summed E-state index contributed by atoms with van der Waals surface area (Å²) in [7, 11) is 0. The van der Waals surface area contributed by atoms with Crippen LogP contribution in [0, 0.1) is 15.2 Å². The first-order valence-electron chi connectivity index (χ1n) is 5.54. The summed E-state index contributed by atoms with van der Waals surface area (Å²) in [5.74, 6) is -2.30. The molecule has 2 aromatic rings. The average Bonchev–Trinajstić information content (AvgIpc) is 2.38. The molecule has 5 heteroatoms. The highest BCUT2D eigenvalue weighted by atomic mass is 127. The molecule has 19 heavy (non-hydrogen) atoms. The molecule has 0 fully saturated rings. The Labute approximate surface area is 123 Å². The maximum Gasteiger partial charge on any atom is 0.228 e. The first kappa shape index (κ1) is 13.9. The monoisotopic (exact) mass is 373 g/mol. The molecule has 0 aliphatic heterocycles. The van der Waals surface area contributed by atoms with Crippen LogP contribution in [-0.2, 0) is 11.2 Å². The van der Waals surface area contributed by atoms with Crippen molar-refractivity contribution in [2.75, 3.05) is 5.32 Å². The van der Waals surface area contributed by atoms with Crippen molar-refractivity contribution in [1.29, 1.82) is 0 Å². The first-order chi connectivity index (χ1) is 9.06. The molecule has 0 heterocycles. The van der Waals surface area contributed by atoms with Crippen LogP contribution in [0.5, 0.6) is 0 Å². The van der Waals surface area contributed by atoms with Crippen LogP contribution in [0.1, 0.15) is 5.56 Å². The molecule has 0 saturated carbocycles. The quantitative estimate of drug-likeness (QED) is 0.816. The predicted molar refractivity (Wildman–Crippen MR) is 77.9 cm³/mol. The van der Waals surface area contributed by atoms with E-state index in [0.717, 1.165) is 9.64 Å². The molecule has 98 valence electrons. The number of benzene rings is 2. The standard InChI is InChI=1S/C14H10F2INO/c15-12-3-1-2-9(14(12)16)8-13(19)18-11-6-4-10(17)5-7-11/h1-7H,8H2,(H,18,19). The lowest BCUT2D eigenvalue weighted by atomic mass is 10.1. The number of carbonyl (C=O) groups is 1. The number of nitrogens with one attached hydrogen (secondary N) is 1. The lowest BCUT2D eigenvalue weighted by Crippen LogP contribution is -2.15. The Morgan fingerprint density at radius 3 is 2.47 bits per heavy atom. The highest BCUT2D eigenvalue weighted by molar-refractivity contribution is 14.1. The Kier molecular flexibility index (Phi) is 4.47. The van der Waals surface area contributed by atoms with Gasteiger partial charge in [0.2, 0.25) is 5.91 Å². The number of amides is 1. The van der Waals surface area contributed by atoms with Crippen LogP contribution in [0.15, 0.2) is 42.5 Å². The largest absolute Gasteiger partial charge is 0.326 e. The van der Waals surface area contributed by atoms with Crippen molar-refractivity contribution >= 4 is 34.2 Å². The summed E-state index contributed by atoms with van der Waals surface area (Å²) in [6.07, 6.45) is -0.199. The molecule has 0 radical (unpaired) electrons. The number of halogens is 3. The van der Waals surface area contributed by atoms with E-state index in [1.54, 1.807) is 12.1 Å². The molecule has 1 N–H and O–H groups in total. The number of anilines is 1. The van der Waals surface area contributed by atoms with Crippen LogP contribution in [0.3, 0.4) is 0 Å². The van der Waals surface area contributed by atoms with Gasteiger partial charge < -0.3 is 5.32 Å². The van der Waals surface area contributed by atoms with Gasteiger partial charge in [0, 0.05) is 14.8 Å². The molecule has 0 aliphatic rings. The fourth-order valence-electron chi connectivity index (χ4n) is 1.60. The highest BCUT2D eigenvalue weighted by Gasteiger charge is 2.11. The van der Waals surface area contributed by atoms with Crippen molar-refractivity contribution in [1.82, 2.24) is 0 Å². The summed E-state index contributed by atoms with van der Waals surface area (Å²) in [5.41, 5.74) is 0.672. The smallest absolute Gasteiger partial charge is 0.228 e. The van der Waals surface area contributed by atoms with E-state index in [4.69, 9.17) is 0 Å². The molecule has 0 aliphatic carbocycles. The van der Waals surface area contributed by atoms with E-state index in [2.05, 4.69) is 27.9 Å². The van der Waals surface area contributed by atoms with E-state index in [-0.39, 0.29) is 17.9 Å². The zero-order chi connectivity index (χ0) is 13.8. The SMILES string of the molecule is O=C(Cc1cccc(F)c1F)Nc1ccc(I)cc1. The van der Waals surface area contributed by atoms with Gasteiger partial charge in [-0.25, -0.2) is 8.78 Å². The normalized spacial score (nSPS) is 10.3. The zero-order valence-corrected chi connectivity index (χ0v) is 11.9. The summed E-state index contributed by atoms with van der Waals surface area (Å²) in [6.45, 7) is 0. The molecule has 0 spiro atoms. The average molecular weight is 373 g/mol. The van der Waals surface area contributed by atoms with Crippen molar-refractivity contribution < 1.29 is 13.6 Å². The van der Waals surface area contributed by atoms with Crippen LogP contribution in [0.25, 0.3) is 0 Å². The van der Waals surface area contributed by atoms with Gasteiger partial charge in [0.25, 0.3) is 0 Å². The van der Waals surface area contributed by atoms with Crippen molar-refractivity contribution in [2.24, 2.45) is 0 Å². The van der Waals surface area contributed by atoms with E-state index in [9.17, 15) is 13.6 Å². The van der Waals surface area contributed by atoms with Gasteiger partial charge in [-0.1, -0.05) is 12.1 Å². The predicted octanol–water partition coefficient (Wildman–Crippen LogP) is 3.75. The number of rotatable bonds is 3. The maximum atomic E-state index is 13.4. The zero-order valence-electron chi connectivity index (χ0n) is 9.79. The lowest BCUT2D eigenvalue weighted by Gasteiger charge is -2.06. The summed E-state index contributed by atoms with van der Waals surface area (Å²) in [5, 5.41) is 2.63. The summed E-state index contributed by atoms with van der Waals surface area (Å²) >= 11 is 2.15. The molecule has 2 nitrogen and oxygen atoms in total. The minimum atomic E-state index is -0.972. The Bertz CT molecular complexity index is 599.